The summed E-state index contributed by atoms with van der Waals surface area (Å²) in [6.45, 7) is 4.07. The Balaban J connectivity index is 2.17. The third-order valence-corrected chi connectivity index (χ3v) is 3.28. The van der Waals surface area contributed by atoms with Crippen LogP contribution in [0.1, 0.15) is 38.2 Å². The normalized spacial score (nSPS) is 10.7. The molecule has 4 heteroatoms. The van der Waals surface area contributed by atoms with Gasteiger partial charge in [-0.25, -0.2) is 0 Å². The fraction of sp³-hybridized carbons (Fsp3) is 0.375. The van der Waals surface area contributed by atoms with E-state index in [1.54, 1.807) is 0 Å². The minimum atomic E-state index is -0.0815. The highest BCUT2D eigenvalue weighted by atomic mass is 16.3. The number of carbonyl (C=O) groups is 1. The molecule has 0 bridgehead atoms. The van der Waals surface area contributed by atoms with Gasteiger partial charge in [0.1, 0.15) is 11.4 Å². The standard InChI is InChI=1S/C16H20N2O2/c1-3-4-5-6-15(19)18-14-10-17-13-9-11(2)7-8-12(13)16(14)20/h7-10H,3-6H2,1-2H3,(H,17,20)(H,18,19). The van der Waals surface area contributed by atoms with Crippen LogP contribution in [0.25, 0.3) is 10.9 Å². The molecule has 1 amide bonds. The molecule has 1 heterocycles. The summed E-state index contributed by atoms with van der Waals surface area (Å²) in [4.78, 5) is 16.1. The van der Waals surface area contributed by atoms with Crippen molar-refractivity contribution in [3.63, 3.8) is 0 Å². The summed E-state index contributed by atoms with van der Waals surface area (Å²) in [6, 6.07) is 5.64. The number of nitrogens with one attached hydrogen (secondary N) is 1. The molecule has 1 aromatic heterocycles. The van der Waals surface area contributed by atoms with Crippen LogP contribution in [0.2, 0.25) is 0 Å². The number of amides is 1. The fourth-order valence-electron chi connectivity index (χ4n) is 2.13. The van der Waals surface area contributed by atoms with Gasteiger partial charge in [-0.2, -0.15) is 0 Å². The zero-order valence-electron chi connectivity index (χ0n) is 11.9. The summed E-state index contributed by atoms with van der Waals surface area (Å²) < 4.78 is 0. The second-order valence-corrected chi connectivity index (χ2v) is 5.05. The smallest absolute Gasteiger partial charge is 0.224 e. The van der Waals surface area contributed by atoms with Gasteiger partial charge in [0.25, 0.3) is 0 Å². The third-order valence-electron chi connectivity index (χ3n) is 3.28. The van der Waals surface area contributed by atoms with Gasteiger partial charge in [0.2, 0.25) is 5.91 Å². The van der Waals surface area contributed by atoms with E-state index in [-0.39, 0.29) is 11.7 Å². The van der Waals surface area contributed by atoms with Gasteiger partial charge in [0.05, 0.1) is 11.7 Å². The second-order valence-electron chi connectivity index (χ2n) is 5.05. The average Bonchev–Trinajstić information content (AvgIpc) is 2.42. The Kier molecular flexibility index (Phi) is 4.56. The number of fused-ring (bicyclic) bond motifs is 1. The first-order chi connectivity index (χ1) is 9.61. The lowest BCUT2D eigenvalue weighted by molar-refractivity contribution is -0.116. The van der Waals surface area contributed by atoms with E-state index in [1.165, 1.54) is 6.20 Å². The SMILES string of the molecule is CCCCCC(=O)Nc1cnc2cc(C)ccc2c1O. The number of benzene rings is 1. The summed E-state index contributed by atoms with van der Waals surface area (Å²) in [5, 5.41) is 13.6. The minimum Gasteiger partial charge on any atom is -0.505 e. The molecular formula is C16H20N2O2. The monoisotopic (exact) mass is 272 g/mol. The molecule has 0 fully saturated rings. The van der Waals surface area contributed by atoms with Crippen LogP contribution in [0, 0.1) is 6.92 Å². The van der Waals surface area contributed by atoms with E-state index < -0.39 is 0 Å². The predicted octanol–water partition coefficient (Wildman–Crippen LogP) is 3.77. The molecule has 4 nitrogen and oxygen atoms in total. The summed E-state index contributed by atoms with van der Waals surface area (Å²) in [6.07, 6.45) is 4.96. The molecule has 0 aliphatic carbocycles. The zero-order valence-corrected chi connectivity index (χ0v) is 11.9. The van der Waals surface area contributed by atoms with Crippen LogP contribution in [0.5, 0.6) is 5.75 Å². The molecule has 2 rings (SSSR count). The number of aryl methyl sites for hydroxylation is 1. The Morgan fingerprint density at radius 2 is 2.15 bits per heavy atom. The number of aromatic nitrogens is 1. The van der Waals surface area contributed by atoms with E-state index in [4.69, 9.17) is 0 Å². The van der Waals surface area contributed by atoms with Crippen molar-refractivity contribution < 1.29 is 9.90 Å². The molecule has 0 unspecified atom stereocenters. The molecule has 106 valence electrons. The molecule has 0 spiro atoms. The summed E-state index contributed by atoms with van der Waals surface area (Å²) in [5.74, 6) is 0.000790. The molecular weight excluding hydrogens is 252 g/mol. The van der Waals surface area contributed by atoms with Crippen LogP contribution in [0.4, 0.5) is 5.69 Å². The highest BCUT2D eigenvalue weighted by Gasteiger charge is 2.10. The Labute approximate surface area is 118 Å². The van der Waals surface area contributed by atoms with Crippen molar-refractivity contribution in [2.75, 3.05) is 5.32 Å². The molecule has 0 aliphatic heterocycles. The molecule has 0 aliphatic rings. The van der Waals surface area contributed by atoms with Crippen molar-refractivity contribution in [2.45, 2.75) is 39.5 Å². The van der Waals surface area contributed by atoms with Crippen molar-refractivity contribution in [2.24, 2.45) is 0 Å². The summed E-state index contributed by atoms with van der Waals surface area (Å²) in [7, 11) is 0. The molecule has 0 atom stereocenters. The third kappa shape index (κ3) is 3.26. The average molecular weight is 272 g/mol. The first-order valence-electron chi connectivity index (χ1n) is 7.00. The Bertz CT molecular complexity index is 623. The quantitative estimate of drug-likeness (QED) is 0.814. The van der Waals surface area contributed by atoms with Crippen LogP contribution in [0.3, 0.4) is 0 Å². The predicted molar refractivity (Wildman–Crippen MR) is 80.9 cm³/mol. The van der Waals surface area contributed by atoms with E-state index in [0.29, 0.717) is 17.5 Å². The van der Waals surface area contributed by atoms with Crippen molar-refractivity contribution >= 4 is 22.5 Å². The van der Waals surface area contributed by atoms with Gasteiger partial charge in [0, 0.05) is 11.8 Å². The summed E-state index contributed by atoms with van der Waals surface area (Å²) in [5.41, 5.74) is 2.19. The highest BCUT2D eigenvalue weighted by molar-refractivity contribution is 5.97. The molecule has 2 N–H and O–H groups in total. The van der Waals surface area contributed by atoms with Gasteiger partial charge in [0.15, 0.2) is 0 Å². The van der Waals surface area contributed by atoms with Gasteiger partial charge < -0.3 is 10.4 Å². The number of hydrogen-bond donors (Lipinski definition) is 2. The number of nitrogens with zero attached hydrogens (tertiary/aromatic N) is 1. The zero-order chi connectivity index (χ0) is 14.5. The van der Waals surface area contributed by atoms with Crippen molar-refractivity contribution in [3.05, 3.63) is 30.0 Å². The summed E-state index contributed by atoms with van der Waals surface area (Å²) >= 11 is 0. The lowest BCUT2D eigenvalue weighted by atomic mass is 10.1. The molecule has 0 saturated heterocycles. The Morgan fingerprint density at radius 1 is 1.35 bits per heavy atom. The van der Waals surface area contributed by atoms with Gasteiger partial charge in [-0.1, -0.05) is 25.8 Å². The van der Waals surface area contributed by atoms with Crippen molar-refractivity contribution in [1.82, 2.24) is 4.98 Å². The maximum Gasteiger partial charge on any atom is 0.224 e. The molecule has 2 aromatic rings. The van der Waals surface area contributed by atoms with Crippen LogP contribution in [0.15, 0.2) is 24.4 Å². The minimum absolute atomic E-state index is 0.0815. The van der Waals surface area contributed by atoms with Crippen LogP contribution in [-0.2, 0) is 4.79 Å². The fourth-order valence-corrected chi connectivity index (χ4v) is 2.13. The number of rotatable bonds is 5. The number of unbranched alkanes of at least 4 members (excludes halogenated alkanes) is 2. The van der Waals surface area contributed by atoms with E-state index in [0.717, 1.165) is 30.3 Å². The van der Waals surface area contributed by atoms with Crippen LogP contribution in [-0.4, -0.2) is 16.0 Å². The molecule has 0 radical (unpaired) electrons. The first-order valence-corrected chi connectivity index (χ1v) is 7.00. The number of hydrogen-bond acceptors (Lipinski definition) is 3. The van der Waals surface area contributed by atoms with Crippen LogP contribution < -0.4 is 5.32 Å². The highest BCUT2D eigenvalue weighted by Crippen LogP contribution is 2.31. The largest absolute Gasteiger partial charge is 0.505 e. The van der Waals surface area contributed by atoms with Gasteiger partial charge in [-0.15, -0.1) is 0 Å². The Morgan fingerprint density at radius 3 is 2.90 bits per heavy atom. The van der Waals surface area contributed by atoms with Gasteiger partial charge in [-0.05, 0) is 31.0 Å². The van der Waals surface area contributed by atoms with Crippen molar-refractivity contribution in [3.8, 4) is 5.75 Å². The van der Waals surface area contributed by atoms with E-state index >= 15 is 0 Å². The lowest BCUT2D eigenvalue weighted by Crippen LogP contribution is -2.11. The van der Waals surface area contributed by atoms with Gasteiger partial charge >= 0.3 is 0 Å². The van der Waals surface area contributed by atoms with Crippen molar-refractivity contribution in [1.29, 1.82) is 0 Å². The molecule has 0 saturated carbocycles. The maximum atomic E-state index is 11.8. The Hall–Kier alpha value is -2.10. The van der Waals surface area contributed by atoms with Gasteiger partial charge in [-0.3, -0.25) is 9.78 Å². The number of anilines is 1. The molecule has 20 heavy (non-hydrogen) atoms. The van der Waals surface area contributed by atoms with E-state index in [9.17, 15) is 9.90 Å². The molecule has 1 aromatic carbocycles. The number of pyridine rings is 1. The maximum absolute atomic E-state index is 11.8. The topological polar surface area (TPSA) is 62.2 Å². The number of aromatic hydroxyl groups is 1. The second kappa shape index (κ2) is 6.37. The number of carbonyl (C=O) groups excluding carboxylic acids is 1. The van der Waals surface area contributed by atoms with E-state index in [1.807, 2.05) is 25.1 Å². The van der Waals surface area contributed by atoms with E-state index in [2.05, 4.69) is 17.2 Å². The lowest BCUT2D eigenvalue weighted by Gasteiger charge is -2.09. The van der Waals surface area contributed by atoms with Crippen LogP contribution >= 0.6 is 0 Å². The first kappa shape index (κ1) is 14.3.